The monoisotopic (exact) mass is 469 g/mol. The summed E-state index contributed by atoms with van der Waals surface area (Å²) in [5.74, 6) is 0.657. The molecule has 5 aromatic rings. The number of amides is 1. The molecule has 3 aromatic carbocycles. The molecule has 7 heteroatoms. The van der Waals surface area contributed by atoms with Crippen LogP contribution in [0.15, 0.2) is 74.3 Å². The van der Waals surface area contributed by atoms with Crippen LogP contribution in [0, 0.1) is 13.8 Å². The van der Waals surface area contributed by atoms with Crippen LogP contribution in [-0.4, -0.2) is 20.1 Å². The first-order chi connectivity index (χ1) is 16.9. The number of ether oxygens (including phenoxy) is 2. The van der Waals surface area contributed by atoms with Gasteiger partial charge in [0.2, 0.25) is 0 Å². The second kappa shape index (κ2) is 8.68. The van der Waals surface area contributed by atoms with Crippen LogP contribution in [0.25, 0.3) is 33.3 Å². The van der Waals surface area contributed by atoms with Crippen LogP contribution in [0.2, 0.25) is 0 Å². The number of furan rings is 1. The summed E-state index contributed by atoms with van der Waals surface area (Å²) in [6, 6.07) is 17.7. The summed E-state index contributed by atoms with van der Waals surface area (Å²) < 4.78 is 22.6. The molecule has 0 atom stereocenters. The summed E-state index contributed by atoms with van der Waals surface area (Å²) in [6.45, 7) is 3.86. The van der Waals surface area contributed by atoms with Crippen LogP contribution in [-0.2, 0) is 0 Å². The number of methoxy groups -OCH3 is 2. The third-order valence-electron chi connectivity index (χ3n) is 5.91. The minimum Gasteiger partial charge on any atom is -0.496 e. The molecule has 1 N–H and O–H groups in total. The van der Waals surface area contributed by atoms with Gasteiger partial charge in [0.1, 0.15) is 28.2 Å². The Bertz CT molecular complexity index is 1640. The quantitative estimate of drug-likeness (QED) is 0.313. The van der Waals surface area contributed by atoms with Crippen molar-refractivity contribution in [3.05, 3.63) is 87.8 Å². The zero-order chi connectivity index (χ0) is 24.7. The Morgan fingerprint density at radius 3 is 2.29 bits per heavy atom. The van der Waals surface area contributed by atoms with E-state index in [1.165, 1.54) is 20.3 Å². The first-order valence-electron chi connectivity index (χ1n) is 11.0. The molecule has 0 spiro atoms. The zero-order valence-corrected chi connectivity index (χ0v) is 19.7. The van der Waals surface area contributed by atoms with Gasteiger partial charge in [0.05, 0.1) is 19.9 Å². The topological polar surface area (TPSA) is 90.9 Å². The number of carbonyl (C=O) groups is 1. The fraction of sp³-hybridized carbons (Fsp3) is 0.143. The number of fused-ring (bicyclic) bond motifs is 2. The first kappa shape index (κ1) is 22.3. The Kier molecular flexibility index (Phi) is 5.53. The van der Waals surface area contributed by atoms with Gasteiger partial charge in [-0.05, 0) is 55.3 Å². The maximum absolute atomic E-state index is 13.5. The van der Waals surface area contributed by atoms with Gasteiger partial charge in [-0.3, -0.25) is 4.79 Å². The highest BCUT2D eigenvalue weighted by atomic mass is 16.5. The van der Waals surface area contributed by atoms with Gasteiger partial charge in [0.15, 0.2) is 5.76 Å². The first-order valence-corrected chi connectivity index (χ1v) is 11.0. The number of benzene rings is 3. The van der Waals surface area contributed by atoms with E-state index in [0.717, 1.165) is 11.1 Å². The van der Waals surface area contributed by atoms with E-state index >= 15 is 0 Å². The average Bonchev–Trinajstić information content (AvgIpc) is 3.21. The molecule has 7 nitrogen and oxygen atoms in total. The number of carbonyl (C=O) groups excluding carboxylic acids is 1. The number of hydrogen-bond acceptors (Lipinski definition) is 6. The molecule has 1 amide bonds. The van der Waals surface area contributed by atoms with Crippen LogP contribution >= 0.6 is 0 Å². The van der Waals surface area contributed by atoms with Gasteiger partial charge >= 0.3 is 5.63 Å². The van der Waals surface area contributed by atoms with Crippen molar-refractivity contribution in [2.75, 3.05) is 19.5 Å². The van der Waals surface area contributed by atoms with Crippen molar-refractivity contribution in [2.45, 2.75) is 13.8 Å². The van der Waals surface area contributed by atoms with Gasteiger partial charge < -0.3 is 23.6 Å². The molecule has 0 saturated heterocycles. The molecule has 0 radical (unpaired) electrons. The van der Waals surface area contributed by atoms with Crippen LogP contribution in [0.5, 0.6) is 11.5 Å². The second-order valence-corrected chi connectivity index (χ2v) is 8.23. The molecule has 35 heavy (non-hydrogen) atoms. The molecule has 2 heterocycles. The third kappa shape index (κ3) is 3.81. The fourth-order valence-electron chi connectivity index (χ4n) is 4.41. The average molecular weight is 469 g/mol. The molecule has 0 aliphatic carbocycles. The van der Waals surface area contributed by atoms with Crippen LogP contribution < -0.4 is 20.4 Å². The summed E-state index contributed by atoms with van der Waals surface area (Å²) in [5.41, 5.74) is 3.58. The summed E-state index contributed by atoms with van der Waals surface area (Å²) in [5, 5.41) is 4.39. The number of para-hydroxylation sites is 1. The molecule has 0 unspecified atom stereocenters. The minimum atomic E-state index is -0.511. The van der Waals surface area contributed by atoms with E-state index in [9.17, 15) is 9.59 Å². The van der Waals surface area contributed by atoms with Crippen molar-refractivity contribution >= 4 is 33.5 Å². The highest BCUT2D eigenvalue weighted by molar-refractivity contribution is 6.15. The van der Waals surface area contributed by atoms with Gasteiger partial charge in [0.25, 0.3) is 5.91 Å². The number of anilines is 1. The maximum atomic E-state index is 13.5. The number of rotatable bonds is 5. The molecule has 0 aliphatic rings. The number of nitrogens with one attached hydrogen (secondary N) is 1. The minimum absolute atomic E-state index is 0.248. The Hall–Kier alpha value is -4.52. The van der Waals surface area contributed by atoms with Crippen molar-refractivity contribution in [1.82, 2.24) is 0 Å². The Morgan fingerprint density at radius 1 is 0.857 bits per heavy atom. The Labute approximate surface area is 200 Å². The summed E-state index contributed by atoms with van der Waals surface area (Å²) >= 11 is 0. The van der Waals surface area contributed by atoms with Crippen molar-refractivity contribution in [3.8, 4) is 22.8 Å². The Balaban J connectivity index is 1.76. The van der Waals surface area contributed by atoms with Gasteiger partial charge in [-0.25, -0.2) is 4.79 Å². The standard InChI is InChI=1S/C28H23NO6/c1-15-12-16(2)26-18(13-15)19(14-23(30)35-26)27-25(17-8-5-6-9-20(17)34-27)29-28(31)24-21(32-3)10-7-11-22(24)33-4/h5-14H,1-4H3,(H,29,31). The van der Waals surface area contributed by atoms with E-state index < -0.39 is 11.5 Å². The molecular weight excluding hydrogens is 446 g/mol. The molecule has 176 valence electrons. The largest absolute Gasteiger partial charge is 0.496 e. The molecular formula is C28H23NO6. The smallest absolute Gasteiger partial charge is 0.336 e. The van der Waals surface area contributed by atoms with E-state index in [4.69, 9.17) is 18.3 Å². The highest BCUT2D eigenvalue weighted by Crippen LogP contribution is 2.42. The SMILES string of the molecule is COc1cccc(OC)c1C(=O)Nc1c(-c2cc(=O)oc3c(C)cc(C)cc23)oc2ccccc12. The highest BCUT2D eigenvalue weighted by Gasteiger charge is 2.25. The Morgan fingerprint density at radius 2 is 1.57 bits per heavy atom. The molecule has 5 rings (SSSR count). The summed E-state index contributed by atoms with van der Waals surface area (Å²) in [7, 11) is 2.98. The van der Waals surface area contributed by atoms with Crippen LogP contribution in [0.4, 0.5) is 5.69 Å². The van der Waals surface area contributed by atoms with Crippen molar-refractivity contribution in [1.29, 1.82) is 0 Å². The zero-order valence-electron chi connectivity index (χ0n) is 19.7. The lowest BCUT2D eigenvalue weighted by Gasteiger charge is -2.14. The van der Waals surface area contributed by atoms with Gasteiger partial charge in [-0.15, -0.1) is 0 Å². The molecule has 2 aromatic heterocycles. The van der Waals surface area contributed by atoms with Crippen molar-refractivity contribution in [3.63, 3.8) is 0 Å². The molecule has 0 saturated carbocycles. The van der Waals surface area contributed by atoms with E-state index in [0.29, 0.717) is 50.4 Å². The van der Waals surface area contributed by atoms with Gasteiger partial charge in [0, 0.05) is 22.4 Å². The van der Waals surface area contributed by atoms with Crippen LogP contribution in [0.1, 0.15) is 21.5 Å². The third-order valence-corrected chi connectivity index (χ3v) is 5.91. The summed E-state index contributed by atoms with van der Waals surface area (Å²) in [4.78, 5) is 26.1. The molecule has 0 fully saturated rings. The lowest BCUT2D eigenvalue weighted by molar-refractivity contribution is 0.102. The summed E-state index contributed by atoms with van der Waals surface area (Å²) in [6.07, 6.45) is 0. The fourth-order valence-corrected chi connectivity index (χ4v) is 4.41. The van der Waals surface area contributed by atoms with E-state index in [2.05, 4.69) is 5.32 Å². The van der Waals surface area contributed by atoms with Crippen LogP contribution in [0.3, 0.4) is 0 Å². The van der Waals surface area contributed by atoms with E-state index in [-0.39, 0.29) is 5.56 Å². The number of hydrogen-bond donors (Lipinski definition) is 1. The predicted octanol–water partition coefficient (Wildman–Crippen LogP) is 6.09. The van der Waals surface area contributed by atoms with E-state index in [1.807, 2.05) is 50.2 Å². The molecule has 0 aliphatic heterocycles. The number of aryl methyl sites for hydroxylation is 2. The predicted molar refractivity (Wildman–Crippen MR) is 135 cm³/mol. The molecule has 0 bridgehead atoms. The van der Waals surface area contributed by atoms with Crippen molar-refractivity contribution in [2.24, 2.45) is 0 Å². The van der Waals surface area contributed by atoms with E-state index in [1.54, 1.807) is 18.2 Å². The van der Waals surface area contributed by atoms with Crippen molar-refractivity contribution < 1.29 is 23.1 Å². The maximum Gasteiger partial charge on any atom is 0.336 e. The second-order valence-electron chi connectivity index (χ2n) is 8.23. The van der Waals surface area contributed by atoms with Gasteiger partial charge in [-0.1, -0.05) is 24.3 Å². The van der Waals surface area contributed by atoms with Gasteiger partial charge in [-0.2, -0.15) is 0 Å². The normalized spacial score (nSPS) is 11.1. The lowest BCUT2D eigenvalue weighted by atomic mass is 10.0. The lowest BCUT2D eigenvalue weighted by Crippen LogP contribution is -2.15.